The van der Waals surface area contributed by atoms with Crippen LogP contribution in [-0.2, 0) is 42.1 Å². The van der Waals surface area contributed by atoms with E-state index >= 15 is 0 Å². The van der Waals surface area contributed by atoms with Gasteiger partial charge in [-0.25, -0.2) is 23.2 Å². The summed E-state index contributed by atoms with van der Waals surface area (Å²) in [6.07, 6.45) is 19.1. The van der Waals surface area contributed by atoms with Crippen molar-refractivity contribution >= 4 is 5.69 Å². The number of nitrogens with zero attached hydrogens (tertiary/aromatic N) is 5. The smallest absolute Gasteiger partial charge is 0.669 e. The van der Waals surface area contributed by atoms with E-state index in [1.54, 1.807) is 47.7 Å². The third kappa shape index (κ3) is 8.05. The van der Waals surface area contributed by atoms with E-state index in [0.717, 1.165) is 16.8 Å². The van der Waals surface area contributed by atoms with Gasteiger partial charge in [0.1, 0.15) is 0 Å². The molecule has 0 fully saturated rings. The van der Waals surface area contributed by atoms with E-state index in [0.29, 0.717) is 22.8 Å². The molecule has 0 spiro atoms. The second-order valence-electron chi connectivity index (χ2n) is 8.02. The van der Waals surface area contributed by atoms with Gasteiger partial charge in [-0.2, -0.15) is 48.8 Å². The minimum atomic E-state index is 0. The molecule has 2 aromatic carbocycles. The molecule has 0 radical (unpaired) electrons. The van der Waals surface area contributed by atoms with Gasteiger partial charge in [0, 0.05) is 39.2 Å². The summed E-state index contributed by atoms with van der Waals surface area (Å²) in [5.74, 6) is 1.01. The SMILES string of the molecule is CN1C=CN(c2[c-]c(Oc3[c-]c(-c4[c-]c(-c5[c-]cccc5)ccn4)[c-]cc3)cnc2)[CH-]1.[C-]#Cn1cccc1.[Pt+4].[Pt]. The summed E-state index contributed by atoms with van der Waals surface area (Å²) < 4.78 is 7.50. The number of aromatic nitrogens is 3. The zero-order chi connectivity index (χ0) is 26.2. The monoisotopic (exact) mass is 880 g/mol. The Bertz CT molecular complexity index is 1570. The van der Waals surface area contributed by atoms with Crippen molar-refractivity contribution in [3.8, 4) is 39.9 Å². The molecule has 6 rings (SSSR count). The Kier molecular flexibility index (Phi) is 11.5. The van der Waals surface area contributed by atoms with Crippen LogP contribution in [0.2, 0.25) is 0 Å². The van der Waals surface area contributed by atoms with Gasteiger partial charge >= 0.3 is 21.1 Å². The zero-order valence-corrected chi connectivity index (χ0v) is 25.6. The quantitative estimate of drug-likeness (QED) is 0.165. The molecule has 1 aliphatic rings. The molecule has 5 aromatic rings. The van der Waals surface area contributed by atoms with Gasteiger partial charge in [0.2, 0.25) is 0 Å². The molecule has 4 heterocycles. The first-order valence-corrected chi connectivity index (χ1v) is 11.6. The summed E-state index contributed by atoms with van der Waals surface area (Å²) in [6, 6.07) is 35.2. The molecule has 0 N–H and O–H groups in total. The normalized spacial score (nSPS) is 11.4. The van der Waals surface area contributed by atoms with Gasteiger partial charge in [-0.3, -0.25) is 12.1 Å². The van der Waals surface area contributed by atoms with Crippen LogP contribution in [0.4, 0.5) is 5.69 Å². The Labute approximate surface area is 263 Å². The first kappa shape index (κ1) is 30.6. The first-order chi connectivity index (χ1) is 18.7. The first-order valence-electron chi connectivity index (χ1n) is 11.6. The van der Waals surface area contributed by atoms with Crippen LogP contribution in [0.3, 0.4) is 0 Å². The minimum absolute atomic E-state index is 0. The summed E-state index contributed by atoms with van der Waals surface area (Å²) >= 11 is 0. The van der Waals surface area contributed by atoms with E-state index in [-0.39, 0.29) is 42.1 Å². The maximum absolute atomic E-state index is 6.57. The van der Waals surface area contributed by atoms with Gasteiger partial charge in [-0.15, -0.1) is 12.1 Å². The second kappa shape index (κ2) is 15.0. The van der Waals surface area contributed by atoms with E-state index in [9.17, 15) is 0 Å². The molecule has 6 nitrogen and oxygen atoms in total. The van der Waals surface area contributed by atoms with Crippen LogP contribution in [0.25, 0.3) is 22.4 Å². The molecule has 8 heteroatoms. The summed E-state index contributed by atoms with van der Waals surface area (Å²) in [7, 11) is 1.96. The number of ether oxygens (including phenoxy) is 1. The van der Waals surface area contributed by atoms with Crippen LogP contribution in [0.15, 0.2) is 98.0 Å². The molecule has 0 unspecified atom stereocenters. The van der Waals surface area contributed by atoms with Crippen molar-refractivity contribution in [1.29, 1.82) is 0 Å². The predicted octanol–water partition coefficient (Wildman–Crippen LogP) is 5.82. The van der Waals surface area contributed by atoms with Crippen molar-refractivity contribution in [3.05, 3.63) is 141 Å². The average Bonchev–Trinajstić information content (AvgIpc) is 3.66. The van der Waals surface area contributed by atoms with Crippen molar-refractivity contribution in [2.24, 2.45) is 0 Å². The van der Waals surface area contributed by atoms with Crippen molar-refractivity contribution in [2.45, 2.75) is 0 Å². The van der Waals surface area contributed by atoms with Crippen molar-refractivity contribution in [2.75, 3.05) is 11.9 Å². The fourth-order valence-corrected chi connectivity index (χ4v) is 3.49. The van der Waals surface area contributed by atoms with Crippen LogP contribution in [-0.4, -0.2) is 26.5 Å². The number of hydrogen-bond donors (Lipinski definition) is 0. The molecule has 0 aliphatic carbocycles. The third-order valence-electron chi connectivity index (χ3n) is 5.28. The number of pyridine rings is 2. The Morgan fingerprint density at radius 1 is 0.900 bits per heavy atom. The van der Waals surface area contributed by atoms with Gasteiger partial charge in [0.25, 0.3) is 0 Å². The standard InChI is InChI=1S/C26H16N4O.C6H4N.2Pt/c1-29-12-13-30(19-29)23-16-25(18-27-17-23)31-24-9-5-8-22(14-24)26-15-21(10-11-28-26)20-6-3-2-4-7-20;1-2-7-5-3-4-6-7;;/h2-6,9-13,17-19H,1H3;3-6H;;/q-6;-1;;+4. The average molecular weight is 881 g/mol. The van der Waals surface area contributed by atoms with Crippen LogP contribution in [0, 0.1) is 49.5 Å². The van der Waals surface area contributed by atoms with E-state index in [1.807, 2.05) is 78.4 Å². The Balaban J connectivity index is 0.000000431. The summed E-state index contributed by atoms with van der Waals surface area (Å²) in [5, 5.41) is 0. The molecule has 3 aromatic heterocycles. The van der Waals surface area contributed by atoms with Crippen LogP contribution < -0.4 is 9.64 Å². The Morgan fingerprint density at radius 2 is 1.75 bits per heavy atom. The van der Waals surface area contributed by atoms with Gasteiger partial charge in [0.05, 0.1) is 0 Å². The summed E-state index contributed by atoms with van der Waals surface area (Å²) in [6.45, 7) is 1.93. The fourth-order valence-electron chi connectivity index (χ4n) is 3.49. The number of benzene rings is 2. The van der Waals surface area contributed by atoms with E-state index in [4.69, 9.17) is 11.2 Å². The molecular formula is C32H20N5OPt2-3. The van der Waals surface area contributed by atoms with E-state index < -0.39 is 0 Å². The van der Waals surface area contributed by atoms with Gasteiger partial charge < -0.3 is 47.1 Å². The minimum Gasteiger partial charge on any atom is -0.669 e. The van der Waals surface area contributed by atoms with Crippen LogP contribution in [0.1, 0.15) is 0 Å². The zero-order valence-electron chi connectivity index (χ0n) is 21.1. The fraction of sp³-hybridized carbons (Fsp3) is 0.0312. The molecule has 1 aliphatic heterocycles. The molecule has 40 heavy (non-hydrogen) atoms. The molecule has 0 saturated carbocycles. The number of rotatable bonds is 5. The van der Waals surface area contributed by atoms with Gasteiger partial charge in [-0.1, -0.05) is 17.6 Å². The predicted molar refractivity (Wildman–Crippen MR) is 144 cm³/mol. The number of hydrogen-bond acceptors (Lipinski definition) is 5. The topological polar surface area (TPSA) is 46.4 Å². The maximum Gasteiger partial charge on any atom is 4.00 e. The molecule has 0 atom stereocenters. The molecule has 0 amide bonds. The maximum atomic E-state index is 6.57. The Morgan fingerprint density at radius 3 is 2.45 bits per heavy atom. The van der Waals surface area contributed by atoms with Crippen molar-refractivity contribution < 1.29 is 46.9 Å². The largest absolute Gasteiger partial charge is 4.00 e. The second-order valence-corrected chi connectivity index (χ2v) is 8.02. The summed E-state index contributed by atoms with van der Waals surface area (Å²) in [4.78, 5) is 12.5. The van der Waals surface area contributed by atoms with Gasteiger partial charge in [-0.05, 0) is 44.0 Å². The van der Waals surface area contributed by atoms with Gasteiger partial charge in [0.15, 0.2) is 0 Å². The number of anilines is 1. The van der Waals surface area contributed by atoms with Crippen molar-refractivity contribution in [1.82, 2.24) is 19.4 Å². The summed E-state index contributed by atoms with van der Waals surface area (Å²) in [5.41, 5.74) is 3.94. The molecule has 0 saturated heterocycles. The molecule has 202 valence electrons. The molecule has 0 bridgehead atoms. The van der Waals surface area contributed by atoms with Crippen LogP contribution in [0.5, 0.6) is 11.5 Å². The van der Waals surface area contributed by atoms with Crippen molar-refractivity contribution in [3.63, 3.8) is 0 Å². The van der Waals surface area contributed by atoms with E-state index in [2.05, 4.69) is 46.3 Å². The van der Waals surface area contributed by atoms with E-state index in [1.165, 1.54) is 0 Å². The van der Waals surface area contributed by atoms with Crippen LogP contribution >= 0.6 is 0 Å². The molecular weight excluding hydrogens is 861 g/mol. The third-order valence-corrected chi connectivity index (χ3v) is 5.28. The Hall–Kier alpha value is -3.90.